The van der Waals surface area contributed by atoms with Crippen molar-refractivity contribution in [2.75, 3.05) is 19.6 Å². The van der Waals surface area contributed by atoms with E-state index >= 15 is 0 Å². The molecule has 0 bridgehead atoms. The van der Waals surface area contributed by atoms with Crippen LogP contribution in [0.5, 0.6) is 0 Å². The summed E-state index contributed by atoms with van der Waals surface area (Å²) in [6.07, 6.45) is 3.95. The minimum atomic E-state index is -0.963. The first kappa shape index (κ1) is 18.1. The van der Waals surface area contributed by atoms with E-state index in [9.17, 15) is 19.5 Å². The highest BCUT2D eigenvalue weighted by atomic mass is 16.4. The van der Waals surface area contributed by atoms with Gasteiger partial charge in [0.2, 0.25) is 5.91 Å². The molecule has 2 saturated heterocycles. The lowest BCUT2D eigenvalue weighted by Crippen LogP contribution is -2.45. The molecule has 3 fully saturated rings. The summed E-state index contributed by atoms with van der Waals surface area (Å²) in [4.78, 5) is 40.6. The van der Waals surface area contributed by atoms with E-state index < -0.39 is 12.0 Å². The molecule has 27 heavy (non-hydrogen) atoms. The molecule has 7 nitrogen and oxygen atoms in total. The van der Waals surface area contributed by atoms with E-state index in [0.29, 0.717) is 43.1 Å². The predicted octanol–water partition coefficient (Wildman–Crippen LogP) is 2.21. The number of rotatable bonds is 3. The smallest absolute Gasteiger partial charge is 0.326 e. The lowest BCUT2D eigenvalue weighted by atomic mass is 9.76. The van der Waals surface area contributed by atoms with Crippen LogP contribution in [0.15, 0.2) is 10.5 Å². The SMILES string of the molecule is Cc1cc(C(=O)N2CC3(CCN(C(=O)C4CC4)CC3)C[C@@H]2C(=O)O)c(C)o1. The first-order valence-corrected chi connectivity index (χ1v) is 9.69. The summed E-state index contributed by atoms with van der Waals surface area (Å²) in [6.45, 7) is 5.25. The summed E-state index contributed by atoms with van der Waals surface area (Å²) in [5, 5.41) is 9.71. The maximum Gasteiger partial charge on any atom is 0.326 e. The second-order valence-corrected chi connectivity index (χ2v) is 8.42. The molecule has 0 aromatic carbocycles. The molecule has 3 aliphatic rings. The van der Waals surface area contributed by atoms with Gasteiger partial charge < -0.3 is 19.3 Å². The molecule has 0 radical (unpaired) electrons. The van der Waals surface area contributed by atoms with Crippen LogP contribution in [0.4, 0.5) is 0 Å². The van der Waals surface area contributed by atoms with Gasteiger partial charge >= 0.3 is 5.97 Å². The number of aryl methyl sites for hydroxylation is 2. The Morgan fingerprint density at radius 2 is 1.85 bits per heavy atom. The normalized spacial score (nSPS) is 24.4. The number of carboxylic acids is 1. The van der Waals surface area contributed by atoms with Gasteiger partial charge in [-0.25, -0.2) is 4.79 Å². The summed E-state index contributed by atoms with van der Waals surface area (Å²) in [6, 6.07) is 0.858. The number of hydrogen-bond acceptors (Lipinski definition) is 4. The zero-order valence-corrected chi connectivity index (χ0v) is 15.9. The number of piperidine rings is 1. The summed E-state index contributed by atoms with van der Waals surface area (Å²) in [7, 11) is 0. The van der Waals surface area contributed by atoms with Gasteiger partial charge in [-0.3, -0.25) is 9.59 Å². The molecule has 1 aromatic heterocycles. The molecule has 4 rings (SSSR count). The fourth-order valence-electron chi connectivity index (χ4n) is 4.64. The zero-order valence-electron chi connectivity index (χ0n) is 15.9. The third kappa shape index (κ3) is 3.24. The summed E-state index contributed by atoms with van der Waals surface area (Å²) in [5.41, 5.74) is 0.225. The van der Waals surface area contributed by atoms with Gasteiger partial charge in [0, 0.05) is 25.6 Å². The lowest BCUT2D eigenvalue weighted by Gasteiger charge is -2.39. The van der Waals surface area contributed by atoms with Crippen molar-refractivity contribution < 1.29 is 23.9 Å². The maximum atomic E-state index is 13.0. The molecule has 7 heteroatoms. The van der Waals surface area contributed by atoms with Crippen molar-refractivity contribution in [1.82, 2.24) is 9.80 Å². The fraction of sp³-hybridized carbons (Fsp3) is 0.650. The van der Waals surface area contributed by atoms with Crippen LogP contribution in [0.1, 0.15) is 54.0 Å². The van der Waals surface area contributed by atoms with Crippen LogP contribution in [0.2, 0.25) is 0 Å². The number of nitrogens with zero attached hydrogens (tertiary/aromatic N) is 2. The Balaban J connectivity index is 1.50. The van der Waals surface area contributed by atoms with Crippen LogP contribution < -0.4 is 0 Å². The van der Waals surface area contributed by atoms with Crippen molar-refractivity contribution in [2.45, 2.75) is 52.0 Å². The monoisotopic (exact) mass is 374 g/mol. The summed E-state index contributed by atoms with van der Waals surface area (Å²) >= 11 is 0. The molecule has 1 N–H and O–H groups in total. The Morgan fingerprint density at radius 3 is 2.37 bits per heavy atom. The summed E-state index contributed by atoms with van der Waals surface area (Å²) in [5.74, 6) is 0.380. The first-order chi connectivity index (χ1) is 12.8. The molecule has 2 aliphatic heterocycles. The molecule has 1 aliphatic carbocycles. The highest BCUT2D eigenvalue weighted by Crippen LogP contribution is 2.45. The van der Waals surface area contributed by atoms with Gasteiger partial charge in [0.1, 0.15) is 17.6 Å². The Kier molecular flexibility index (Phi) is 4.28. The lowest BCUT2D eigenvalue weighted by molar-refractivity contribution is -0.141. The third-order valence-electron chi connectivity index (χ3n) is 6.39. The van der Waals surface area contributed by atoms with Gasteiger partial charge in [0.25, 0.3) is 5.91 Å². The van der Waals surface area contributed by atoms with Gasteiger partial charge in [0.15, 0.2) is 0 Å². The second-order valence-electron chi connectivity index (χ2n) is 8.42. The van der Waals surface area contributed by atoms with Crippen LogP contribution >= 0.6 is 0 Å². The van der Waals surface area contributed by atoms with E-state index in [1.54, 1.807) is 19.9 Å². The van der Waals surface area contributed by atoms with Crippen molar-refractivity contribution in [3.63, 3.8) is 0 Å². The highest BCUT2D eigenvalue weighted by Gasteiger charge is 2.51. The van der Waals surface area contributed by atoms with Crippen molar-refractivity contribution >= 4 is 17.8 Å². The number of carboxylic acid groups (broad SMARTS) is 1. The second kappa shape index (κ2) is 6.39. The van der Waals surface area contributed by atoms with E-state index in [4.69, 9.17) is 4.42 Å². The van der Waals surface area contributed by atoms with Gasteiger partial charge in [-0.15, -0.1) is 0 Å². The third-order valence-corrected chi connectivity index (χ3v) is 6.39. The molecular weight excluding hydrogens is 348 g/mol. The molecule has 2 amide bonds. The van der Waals surface area contributed by atoms with Crippen molar-refractivity contribution in [2.24, 2.45) is 11.3 Å². The number of furan rings is 1. The Morgan fingerprint density at radius 1 is 1.19 bits per heavy atom. The standard InChI is InChI=1S/C20H26N2O5/c1-12-9-15(13(2)27-12)18(24)22-11-20(10-16(22)19(25)26)5-7-21(8-6-20)17(23)14-3-4-14/h9,14,16H,3-8,10-11H2,1-2H3,(H,25,26)/t16-/m1/s1. The molecule has 3 heterocycles. The average Bonchev–Trinajstić information content (AvgIpc) is 3.33. The van der Waals surface area contributed by atoms with E-state index in [-0.39, 0.29) is 23.1 Å². The number of carbonyl (C=O) groups is 3. The minimum Gasteiger partial charge on any atom is -0.480 e. The van der Waals surface area contributed by atoms with Gasteiger partial charge in [-0.2, -0.15) is 0 Å². The van der Waals surface area contributed by atoms with E-state index in [2.05, 4.69) is 0 Å². The Hall–Kier alpha value is -2.31. The topological polar surface area (TPSA) is 91.1 Å². The van der Waals surface area contributed by atoms with Crippen LogP contribution in [0.3, 0.4) is 0 Å². The van der Waals surface area contributed by atoms with E-state index in [0.717, 1.165) is 25.7 Å². The molecule has 0 unspecified atom stereocenters. The van der Waals surface area contributed by atoms with E-state index in [1.807, 2.05) is 4.90 Å². The average molecular weight is 374 g/mol. The maximum absolute atomic E-state index is 13.0. The van der Waals surface area contributed by atoms with Crippen LogP contribution in [-0.4, -0.2) is 58.4 Å². The summed E-state index contributed by atoms with van der Waals surface area (Å²) < 4.78 is 5.46. The zero-order chi connectivity index (χ0) is 19.3. The molecule has 146 valence electrons. The van der Waals surface area contributed by atoms with Gasteiger partial charge in [-0.05, 0) is 57.4 Å². The highest BCUT2D eigenvalue weighted by molar-refractivity contribution is 5.98. The Bertz CT molecular complexity index is 786. The molecule has 1 saturated carbocycles. The quantitative estimate of drug-likeness (QED) is 0.876. The van der Waals surface area contributed by atoms with Crippen molar-refractivity contribution in [1.29, 1.82) is 0 Å². The van der Waals surface area contributed by atoms with Crippen molar-refractivity contribution in [3.05, 3.63) is 23.2 Å². The number of carbonyl (C=O) groups excluding carboxylic acids is 2. The molecular formula is C20H26N2O5. The van der Waals surface area contributed by atoms with E-state index in [1.165, 1.54) is 4.90 Å². The fourth-order valence-corrected chi connectivity index (χ4v) is 4.64. The predicted molar refractivity (Wildman–Crippen MR) is 96.2 cm³/mol. The van der Waals surface area contributed by atoms with Gasteiger partial charge in [-0.1, -0.05) is 0 Å². The Labute approximate surface area is 158 Å². The number of likely N-dealkylation sites (tertiary alicyclic amines) is 2. The number of aliphatic carboxylic acids is 1. The van der Waals surface area contributed by atoms with Crippen molar-refractivity contribution in [3.8, 4) is 0 Å². The number of amides is 2. The van der Waals surface area contributed by atoms with Crippen LogP contribution in [0, 0.1) is 25.2 Å². The number of hydrogen-bond donors (Lipinski definition) is 1. The van der Waals surface area contributed by atoms with Gasteiger partial charge in [0.05, 0.1) is 5.56 Å². The van der Waals surface area contributed by atoms with Crippen LogP contribution in [0.25, 0.3) is 0 Å². The largest absolute Gasteiger partial charge is 0.480 e. The molecule has 1 spiro atoms. The van der Waals surface area contributed by atoms with Crippen LogP contribution in [-0.2, 0) is 9.59 Å². The minimum absolute atomic E-state index is 0.208. The molecule has 1 aromatic rings. The first-order valence-electron chi connectivity index (χ1n) is 9.69. The molecule has 1 atom stereocenters.